The van der Waals surface area contributed by atoms with Crippen LogP contribution in [-0.2, 0) is 4.79 Å². The third-order valence-electron chi connectivity index (χ3n) is 5.91. The van der Waals surface area contributed by atoms with Gasteiger partial charge in [-0.05, 0) is 29.5 Å². The van der Waals surface area contributed by atoms with Crippen LogP contribution in [0.15, 0.2) is 65.4 Å². The van der Waals surface area contributed by atoms with E-state index in [2.05, 4.69) is 19.2 Å². The van der Waals surface area contributed by atoms with Gasteiger partial charge in [-0.2, -0.15) is 0 Å². The normalized spacial score (nSPS) is 22.6. The summed E-state index contributed by atoms with van der Waals surface area (Å²) in [6.45, 7) is 4.23. The number of hydrogen-bond donors (Lipinski definition) is 1. The summed E-state index contributed by atoms with van der Waals surface area (Å²) in [5.74, 6) is -0.278. The largest absolute Gasteiger partial charge is 0.358 e. The highest BCUT2D eigenvalue weighted by molar-refractivity contribution is 6.30. The van der Waals surface area contributed by atoms with Gasteiger partial charge >= 0.3 is 0 Å². The van der Waals surface area contributed by atoms with Crippen molar-refractivity contribution in [3.63, 3.8) is 0 Å². The van der Waals surface area contributed by atoms with Crippen LogP contribution in [0.25, 0.3) is 5.70 Å². The van der Waals surface area contributed by atoms with Gasteiger partial charge in [0, 0.05) is 45.3 Å². The van der Waals surface area contributed by atoms with Crippen LogP contribution in [0.1, 0.15) is 54.1 Å². The molecule has 1 atom stereocenters. The molecular formula is C24H20ClNO2. The highest BCUT2D eigenvalue weighted by Gasteiger charge is 2.46. The minimum atomic E-state index is -0.381. The van der Waals surface area contributed by atoms with E-state index in [4.69, 9.17) is 11.6 Å². The van der Waals surface area contributed by atoms with Crippen molar-refractivity contribution >= 4 is 28.9 Å². The molecule has 3 aliphatic rings. The Morgan fingerprint density at radius 2 is 1.71 bits per heavy atom. The molecule has 140 valence electrons. The van der Waals surface area contributed by atoms with Crippen LogP contribution < -0.4 is 5.32 Å². The Bertz CT molecular complexity index is 1120. The van der Waals surface area contributed by atoms with Crippen molar-refractivity contribution in [1.82, 2.24) is 5.32 Å². The van der Waals surface area contributed by atoms with E-state index in [9.17, 15) is 9.59 Å². The Balaban J connectivity index is 1.76. The van der Waals surface area contributed by atoms with Gasteiger partial charge in [-0.15, -0.1) is 0 Å². The molecule has 0 radical (unpaired) electrons. The first-order chi connectivity index (χ1) is 13.4. The Morgan fingerprint density at radius 1 is 0.964 bits per heavy atom. The number of nitrogens with one attached hydrogen (secondary N) is 1. The van der Waals surface area contributed by atoms with E-state index in [1.54, 1.807) is 0 Å². The summed E-state index contributed by atoms with van der Waals surface area (Å²) in [5.41, 5.74) is 5.56. The van der Waals surface area contributed by atoms with Crippen molar-refractivity contribution in [2.45, 2.75) is 32.6 Å². The molecule has 0 aromatic heterocycles. The molecule has 0 saturated carbocycles. The van der Waals surface area contributed by atoms with E-state index in [1.165, 1.54) is 0 Å². The number of benzene rings is 2. The number of ketones is 2. The number of hydrogen-bond acceptors (Lipinski definition) is 3. The van der Waals surface area contributed by atoms with Crippen molar-refractivity contribution < 1.29 is 9.59 Å². The Kier molecular flexibility index (Phi) is 3.69. The first-order valence-corrected chi connectivity index (χ1v) is 9.90. The summed E-state index contributed by atoms with van der Waals surface area (Å²) < 4.78 is 0. The van der Waals surface area contributed by atoms with Crippen molar-refractivity contribution in [2.75, 3.05) is 0 Å². The molecule has 0 spiro atoms. The van der Waals surface area contributed by atoms with Crippen LogP contribution in [-0.4, -0.2) is 11.6 Å². The number of dihydropyridines is 1. The molecular weight excluding hydrogens is 370 g/mol. The van der Waals surface area contributed by atoms with Gasteiger partial charge in [0.15, 0.2) is 11.6 Å². The Labute approximate surface area is 169 Å². The van der Waals surface area contributed by atoms with Crippen LogP contribution in [0.5, 0.6) is 0 Å². The fourth-order valence-electron chi connectivity index (χ4n) is 4.81. The van der Waals surface area contributed by atoms with Gasteiger partial charge in [0.2, 0.25) is 0 Å². The number of Topliss-reactive ketones (excluding diaryl/α,β-unsaturated/α-hetero) is 2. The molecule has 3 nitrogen and oxygen atoms in total. The maximum Gasteiger partial charge on any atom is 0.192 e. The van der Waals surface area contributed by atoms with Crippen molar-refractivity contribution in [1.29, 1.82) is 0 Å². The van der Waals surface area contributed by atoms with Crippen molar-refractivity contribution in [3.05, 3.63) is 87.1 Å². The van der Waals surface area contributed by atoms with Gasteiger partial charge in [-0.1, -0.05) is 61.8 Å². The number of fused-ring (bicyclic) bond motifs is 2. The van der Waals surface area contributed by atoms with E-state index in [1.807, 2.05) is 48.5 Å². The first-order valence-electron chi connectivity index (χ1n) is 9.53. The highest BCUT2D eigenvalue weighted by Crippen LogP contribution is 2.51. The third-order valence-corrected chi connectivity index (χ3v) is 6.15. The van der Waals surface area contributed by atoms with Gasteiger partial charge in [0.1, 0.15) is 0 Å². The number of halogens is 1. The lowest BCUT2D eigenvalue weighted by atomic mass is 9.68. The summed E-state index contributed by atoms with van der Waals surface area (Å²) in [5, 5.41) is 4.09. The molecule has 0 amide bonds. The summed E-state index contributed by atoms with van der Waals surface area (Å²) in [4.78, 5) is 26.6. The highest BCUT2D eigenvalue weighted by atomic mass is 35.5. The zero-order valence-electron chi connectivity index (χ0n) is 15.8. The predicted octanol–water partition coefficient (Wildman–Crippen LogP) is 5.28. The lowest BCUT2D eigenvalue weighted by Crippen LogP contribution is -2.37. The lowest BCUT2D eigenvalue weighted by molar-refractivity contribution is -0.118. The topological polar surface area (TPSA) is 46.2 Å². The average Bonchev–Trinajstić information content (AvgIpc) is 2.92. The summed E-state index contributed by atoms with van der Waals surface area (Å²) in [7, 11) is 0. The van der Waals surface area contributed by atoms with Crippen LogP contribution in [0.4, 0.5) is 0 Å². The van der Waals surface area contributed by atoms with Crippen molar-refractivity contribution in [2.24, 2.45) is 5.41 Å². The fraction of sp³-hybridized carbons (Fsp3) is 0.250. The molecule has 1 heterocycles. The van der Waals surface area contributed by atoms with E-state index >= 15 is 0 Å². The molecule has 4 heteroatoms. The molecule has 2 aliphatic carbocycles. The van der Waals surface area contributed by atoms with Gasteiger partial charge in [-0.3, -0.25) is 9.59 Å². The number of allylic oxidation sites excluding steroid dienone is 3. The second-order valence-corrected chi connectivity index (χ2v) is 9.05. The lowest BCUT2D eigenvalue weighted by Gasteiger charge is -2.39. The predicted molar refractivity (Wildman–Crippen MR) is 110 cm³/mol. The van der Waals surface area contributed by atoms with Gasteiger partial charge < -0.3 is 5.32 Å². The molecule has 0 saturated heterocycles. The average molecular weight is 390 g/mol. The summed E-state index contributed by atoms with van der Waals surface area (Å²) in [6, 6.07) is 15.2. The fourth-order valence-corrected chi connectivity index (χ4v) is 5.01. The molecule has 2 aromatic carbocycles. The van der Waals surface area contributed by atoms with Gasteiger partial charge in [0.05, 0.1) is 5.70 Å². The smallest absolute Gasteiger partial charge is 0.192 e. The molecule has 5 rings (SSSR count). The third kappa shape index (κ3) is 2.50. The van der Waals surface area contributed by atoms with E-state index in [0.717, 1.165) is 34.5 Å². The van der Waals surface area contributed by atoms with E-state index < -0.39 is 0 Å². The van der Waals surface area contributed by atoms with Crippen LogP contribution in [0.2, 0.25) is 5.02 Å². The Hall–Kier alpha value is -2.65. The minimum Gasteiger partial charge on any atom is -0.358 e. The molecule has 28 heavy (non-hydrogen) atoms. The zero-order valence-corrected chi connectivity index (χ0v) is 16.6. The maximum atomic E-state index is 13.3. The minimum absolute atomic E-state index is 0.00717. The zero-order chi connectivity index (χ0) is 19.6. The second-order valence-electron chi connectivity index (χ2n) is 8.61. The van der Waals surface area contributed by atoms with Crippen LogP contribution >= 0.6 is 11.6 Å². The van der Waals surface area contributed by atoms with E-state index in [0.29, 0.717) is 22.6 Å². The molecule has 2 aromatic rings. The number of carbonyl (C=O) groups is 2. The standard InChI is InChI=1S/C24H20ClNO2/c1-24(2)11-17-20(18(27)12-24)19(13-6-5-7-14(25)10-13)21-22(26-17)15-8-3-4-9-16(15)23(21)28/h3-10,19,26H,11-12H2,1-2H3. The molecule has 0 bridgehead atoms. The number of carbonyl (C=O) groups excluding carboxylic acids is 2. The molecule has 0 fully saturated rings. The van der Waals surface area contributed by atoms with E-state index in [-0.39, 0.29) is 22.9 Å². The second kappa shape index (κ2) is 5.92. The van der Waals surface area contributed by atoms with Crippen molar-refractivity contribution in [3.8, 4) is 0 Å². The van der Waals surface area contributed by atoms with Gasteiger partial charge in [0.25, 0.3) is 0 Å². The maximum absolute atomic E-state index is 13.3. The van der Waals surface area contributed by atoms with Crippen LogP contribution in [0, 0.1) is 5.41 Å². The molecule has 1 N–H and O–H groups in total. The van der Waals surface area contributed by atoms with Gasteiger partial charge in [-0.25, -0.2) is 0 Å². The number of rotatable bonds is 1. The monoisotopic (exact) mass is 389 g/mol. The molecule has 1 aliphatic heterocycles. The SMILES string of the molecule is CC1(C)CC(=O)C2=C(C1)NC1=C(C(=O)c3ccccc31)C2c1cccc(Cl)c1. The first kappa shape index (κ1) is 17.4. The quantitative estimate of drug-likeness (QED) is 0.721. The summed E-state index contributed by atoms with van der Waals surface area (Å²) >= 11 is 6.27. The Morgan fingerprint density at radius 3 is 2.46 bits per heavy atom. The molecule has 1 unspecified atom stereocenters. The summed E-state index contributed by atoms with van der Waals surface area (Å²) in [6.07, 6.45) is 1.26. The van der Waals surface area contributed by atoms with Crippen LogP contribution in [0.3, 0.4) is 0 Å².